The van der Waals surface area contributed by atoms with Gasteiger partial charge in [0.25, 0.3) is 0 Å². The van der Waals surface area contributed by atoms with Crippen LogP contribution in [0.25, 0.3) is 0 Å². The van der Waals surface area contributed by atoms with E-state index in [0.29, 0.717) is 31.7 Å². The van der Waals surface area contributed by atoms with E-state index in [1.807, 2.05) is 0 Å². The number of carboxylic acids is 1. The fourth-order valence-electron chi connectivity index (χ4n) is 1.82. The Bertz CT molecular complexity index is 669. The summed E-state index contributed by atoms with van der Waals surface area (Å²) in [5, 5.41) is 11.5. The second-order valence-corrected chi connectivity index (χ2v) is 5.92. The Labute approximate surface area is 136 Å². The molecule has 0 aliphatic rings. The van der Waals surface area contributed by atoms with Crippen LogP contribution in [0.15, 0.2) is 36.4 Å². The second kappa shape index (κ2) is 8.28. The Morgan fingerprint density at radius 2 is 1.91 bits per heavy atom. The van der Waals surface area contributed by atoms with E-state index < -0.39 is 5.97 Å². The molecule has 0 bridgehead atoms. The van der Waals surface area contributed by atoms with Gasteiger partial charge in [0, 0.05) is 11.3 Å². The zero-order valence-corrected chi connectivity index (χ0v) is 13.1. The molecule has 0 aliphatic heterocycles. The van der Waals surface area contributed by atoms with Gasteiger partial charge in [-0.3, -0.25) is 4.79 Å². The molecular formula is C16H16FNO4S. The van der Waals surface area contributed by atoms with E-state index in [2.05, 4.69) is 5.32 Å². The van der Waals surface area contributed by atoms with Crippen molar-refractivity contribution in [2.45, 2.75) is 19.4 Å². The van der Waals surface area contributed by atoms with Crippen LogP contribution in [0, 0.1) is 5.82 Å². The average Bonchev–Trinajstić information content (AvgIpc) is 3.00. The Hall–Kier alpha value is -2.41. The fourth-order valence-corrected chi connectivity index (χ4v) is 2.60. The van der Waals surface area contributed by atoms with Crippen molar-refractivity contribution < 1.29 is 23.8 Å². The van der Waals surface area contributed by atoms with Crippen molar-refractivity contribution in [2.75, 3.05) is 6.61 Å². The van der Waals surface area contributed by atoms with Gasteiger partial charge in [0.05, 0.1) is 13.2 Å². The summed E-state index contributed by atoms with van der Waals surface area (Å²) in [7, 11) is 0. The molecule has 0 spiro atoms. The summed E-state index contributed by atoms with van der Waals surface area (Å²) in [5.41, 5.74) is 0. The molecule has 0 aliphatic carbocycles. The first-order valence-corrected chi connectivity index (χ1v) is 7.83. The van der Waals surface area contributed by atoms with Gasteiger partial charge in [-0.2, -0.15) is 0 Å². The monoisotopic (exact) mass is 337 g/mol. The molecule has 2 rings (SSSR count). The summed E-state index contributed by atoms with van der Waals surface area (Å²) >= 11 is 1.14. The summed E-state index contributed by atoms with van der Waals surface area (Å²) in [4.78, 5) is 23.5. The minimum absolute atomic E-state index is 0.127. The van der Waals surface area contributed by atoms with E-state index in [0.717, 1.165) is 16.2 Å². The van der Waals surface area contributed by atoms with Crippen molar-refractivity contribution >= 4 is 23.2 Å². The Balaban J connectivity index is 1.63. The first-order valence-electron chi connectivity index (χ1n) is 7.01. The van der Waals surface area contributed by atoms with Gasteiger partial charge >= 0.3 is 5.97 Å². The van der Waals surface area contributed by atoms with Crippen LogP contribution < -0.4 is 10.1 Å². The first kappa shape index (κ1) is 17.0. The number of nitrogens with one attached hydrogen (secondary N) is 1. The maximum atomic E-state index is 12.7. The predicted molar refractivity (Wildman–Crippen MR) is 84.3 cm³/mol. The minimum Gasteiger partial charge on any atom is -0.494 e. The molecule has 1 aromatic heterocycles. The summed E-state index contributed by atoms with van der Waals surface area (Å²) < 4.78 is 18.1. The van der Waals surface area contributed by atoms with Gasteiger partial charge in [-0.25, -0.2) is 9.18 Å². The molecule has 122 valence electrons. The van der Waals surface area contributed by atoms with Crippen molar-refractivity contribution in [3.63, 3.8) is 0 Å². The van der Waals surface area contributed by atoms with E-state index in [9.17, 15) is 14.0 Å². The van der Waals surface area contributed by atoms with Crippen molar-refractivity contribution in [3.8, 4) is 5.75 Å². The number of halogens is 1. The number of ether oxygens (including phenoxy) is 1. The molecule has 7 heteroatoms. The summed E-state index contributed by atoms with van der Waals surface area (Å²) in [6.07, 6.45) is 0.840. The van der Waals surface area contributed by atoms with E-state index in [-0.39, 0.29) is 16.6 Å². The lowest BCUT2D eigenvalue weighted by molar-refractivity contribution is -0.121. The highest BCUT2D eigenvalue weighted by molar-refractivity contribution is 7.13. The van der Waals surface area contributed by atoms with Gasteiger partial charge in [0.15, 0.2) is 0 Å². The first-order chi connectivity index (χ1) is 11.0. The van der Waals surface area contributed by atoms with Crippen molar-refractivity contribution in [1.82, 2.24) is 5.32 Å². The number of benzene rings is 1. The highest BCUT2D eigenvalue weighted by atomic mass is 32.1. The molecule has 1 heterocycles. The lowest BCUT2D eigenvalue weighted by Crippen LogP contribution is -2.22. The van der Waals surface area contributed by atoms with Crippen LogP contribution in [0.1, 0.15) is 27.4 Å². The molecule has 0 radical (unpaired) electrons. The van der Waals surface area contributed by atoms with Crippen molar-refractivity contribution in [1.29, 1.82) is 0 Å². The Kier molecular flexibility index (Phi) is 6.10. The number of thiophene rings is 1. The molecule has 23 heavy (non-hydrogen) atoms. The molecule has 5 nitrogen and oxygen atoms in total. The summed E-state index contributed by atoms with van der Waals surface area (Å²) in [6, 6.07) is 8.90. The van der Waals surface area contributed by atoms with Crippen LogP contribution in [0.5, 0.6) is 5.75 Å². The minimum atomic E-state index is -0.967. The number of carbonyl (C=O) groups is 2. The lowest BCUT2D eigenvalue weighted by Gasteiger charge is -2.06. The Morgan fingerprint density at radius 3 is 2.57 bits per heavy atom. The predicted octanol–water partition coefficient (Wildman–Crippen LogP) is 3.06. The molecule has 0 saturated heterocycles. The van der Waals surface area contributed by atoms with Gasteiger partial charge in [-0.05, 0) is 42.8 Å². The third-order valence-electron chi connectivity index (χ3n) is 2.96. The molecule has 2 N–H and O–H groups in total. The maximum absolute atomic E-state index is 12.7. The van der Waals surface area contributed by atoms with Gasteiger partial charge in [-0.1, -0.05) is 0 Å². The van der Waals surface area contributed by atoms with E-state index >= 15 is 0 Å². The van der Waals surface area contributed by atoms with Crippen LogP contribution in [0.2, 0.25) is 0 Å². The zero-order chi connectivity index (χ0) is 16.7. The molecule has 0 atom stereocenters. The molecule has 0 unspecified atom stereocenters. The highest BCUT2D eigenvalue weighted by Gasteiger charge is 2.08. The standard InChI is InChI=1S/C16H16FNO4S/c17-11-3-5-12(6-4-11)22-9-1-2-15(19)18-10-13-7-8-14(23-13)16(20)21/h3-8H,1-2,9-10H2,(H,18,19)(H,20,21). The topological polar surface area (TPSA) is 75.6 Å². The SMILES string of the molecule is O=C(CCCOc1ccc(F)cc1)NCc1ccc(C(=O)O)s1. The summed E-state index contributed by atoms with van der Waals surface area (Å²) in [5.74, 6) is -0.855. The van der Waals surface area contributed by atoms with Crippen molar-refractivity contribution in [3.05, 3.63) is 52.0 Å². The highest BCUT2D eigenvalue weighted by Crippen LogP contribution is 2.16. The van der Waals surface area contributed by atoms with Gasteiger partial charge in [0.1, 0.15) is 16.4 Å². The quantitative estimate of drug-likeness (QED) is 0.726. The lowest BCUT2D eigenvalue weighted by atomic mass is 10.3. The Morgan fingerprint density at radius 1 is 1.17 bits per heavy atom. The maximum Gasteiger partial charge on any atom is 0.345 e. The average molecular weight is 337 g/mol. The molecular weight excluding hydrogens is 321 g/mol. The van der Waals surface area contributed by atoms with Gasteiger partial charge < -0.3 is 15.2 Å². The molecule has 1 amide bonds. The number of aromatic carboxylic acids is 1. The normalized spacial score (nSPS) is 10.3. The molecule has 0 fully saturated rings. The zero-order valence-electron chi connectivity index (χ0n) is 12.3. The number of hydrogen-bond donors (Lipinski definition) is 2. The molecule has 0 saturated carbocycles. The van der Waals surface area contributed by atoms with E-state index in [1.165, 1.54) is 30.3 Å². The fraction of sp³-hybridized carbons (Fsp3) is 0.250. The van der Waals surface area contributed by atoms with Gasteiger partial charge in [-0.15, -0.1) is 11.3 Å². The summed E-state index contributed by atoms with van der Waals surface area (Å²) in [6.45, 7) is 0.677. The van der Waals surface area contributed by atoms with Gasteiger partial charge in [0.2, 0.25) is 5.91 Å². The third-order valence-corrected chi connectivity index (χ3v) is 4.04. The number of amides is 1. The second-order valence-electron chi connectivity index (χ2n) is 4.75. The van der Waals surface area contributed by atoms with Crippen LogP contribution >= 0.6 is 11.3 Å². The van der Waals surface area contributed by atoms with Crippen LogP contribution in [-0.2, 0) is 11.3 Å². The van der Waals surface area contributed by atoms with Crippen LogP contribution in [-0.4, -0.2) is 23.6 Å². The molecule has 1 aromatic carbocycles. The number of hydrogen-bond acceptors (Lipinski definition) is 4. The van der Waals surface area contributed by atoms with E-state index in [1.54, 1.807) is 6.07 Å². The number of rotatable bonds is 8. The number of carboxylic acid groups (broad SMARTS) is 1. The largest absolute Gasteiger partial charge is 0.494 e. The molecule has 2 aromatic rings. The smallest absolute Gasteiger partial charge is 0.345 e. The van der Waals surface area contributed by atoms with Crippen molar-refractivity contribution in [2.24, 2.45) is 0 Å². The number of carbonyl (C=O) groups excluding carboxylic acids is 1. The van der Waals surface area contributed by atoms with E-state index in [4.69, 9.17) is 9.84 Å². The third kappa shape index (κ3) is 5.71. The van der Waals surface area contributed by atoms with Crippen LogP contribution in [0.4, 0.5) is 4.39 Å². The van der Waals surface area contributed by atoms with Crippen LogP contribution in [0.3, 0.4) is 0 Å².